The Bertz CT molecular complexity index is 1220. The number of hydrogen-bond acceptors (Lipinski definition) is 2. The van der Waals surface area contributed by atoms with Crippen molar-refractivity contribution in [1.82, 2.24) is 0 Å². The predicted octanol–water partition coefficient (Wildman–Crippen LogP) is 9.14. The van der Waals surface area contributed by atoms with E-state index in [0.29, 0.717) is 0 Å². The van der Waals surface area contributed by atoms with Gasteiger partial charge in [0, 0.05) is 5.41 Å². The van der Waals surface area contributed by atoms with Crippen LogP contribution in [-0.4, -0.2) is 0 Å². The van der Waals surface area contributed by atoms with E-state index in [0.717, 1.165) is 35.8 Å². The lowest BCUT2D eigenvalue weighted by Gasteiger charge is -2.39. The molecule has 1 fully saturated rings. The summed E-state index contributed by atoms with van der Waals surface area (Å²) in [5, 5.41) is 0. The van der Waals surface area contributed by atoms with Crippen LogP contribution in [0.5, 0.6) is 23.0 Å². The minimum Gasteiger partial charge on any atom is -0.457 e. The van der Waals surface area contributed by atoms with Crippen LogP contribution in [0.3, 0.4) is 0 Å². The molecule has 0 heterocycles. The summed E-state index contributed by atoms with van der Waals surface area (Å²) in [7, 11) is 0. The Labute approximate surface area is 203 Å². The van der Waals surface area contributed by atoms with E-state index < -0.39 is 0 Å². The lowest BCUT2D eigenvalue weighted by atomic mass is 9.65. The number of aryl methyl sites for hydroxylation is 2. The van der Waals surface area contributed by atoms with Crippen molar-refractivity contribution >= 4 is 0 Å². The van der Waals surface area contributed by atoms with Crippen LogP contribution in [0.15, 0.2) is 97.1 Å². The Kier molecular flexibility index (Phi) is 6.40. The second kappa shape index (κ2) is 9.77. The maximum atomic E-state index is 6.22. The third-order valence-electron chi connectivity index (χ3n) is 7.01. The molecule has 2 nitrogen and oxygen atoms in total. The summed E-state index contributed by atoms with van der Waals surface area (Å²) in [4.78, 5) is 0. The lowest BCUT2D eigenvalue weighted by Crippen LogP contribution is -2.30. The Balaban J connectivity index is 1.42. The first kappa shape index (κ1) is 22.3. The van der Waals surface area contributed by atoms with Crippen LogP contribution in [-0.2, 0) is 5.41 Å². The third-order valence-corrected chi connectivity index (χ3v) is 7.01. The Morgan fingerprint density at radius 2 is 1.00 bits per heavy atom. The summed E-state index contributed by atoms with van der Waals surface area (Å²) in [5.74, 6) is 3.50. The molecule has 0 aromatic heterocycles. The molecule has 0 aliphatic heterocycles. The quantitative estimate of drug-likeness (QED) is 0.293. The Morgan fingerprint density at radius 1 is 0.500 bits per heavy atom. The van der Waals surface area contributed by atoms with E-state index in [1.807, 2.05) is 24.3 Å². The van der Waals surface area contributed by atoms with Crippen molar-refractivity contribution in [2.24, 2.45) is 0 Å². The second-order valence-corrected chi connectivity index (χ2v) is 9.53. The van der Waals surface area contributed by atoms with Gasteiger partial charge in [-0.3, -0.25) is 0 Å². The molecule has 0 atom stereocenters. The highest BCUT2D eigenvalue weighted by molar-refractivity contribution is 5.46. The van der Waals surface area contributed by atoms with Gasteiger partial charge in [-0.05, 0) is 86.3 Å². The van der Waals surface area contributed by atoms with Gasteiger partial charge in [0.1, 0.15) is 23.0 Å². The van der Waals surface area contributed by atoms with E-state index in [1.165, 1.54) is 41.5 Å². The number of hydrogen-bond donors (Lipinski definition) is 0. The van der Waals surface area contributed by atoms with Crippen molar-refractivity contribution in [1.29, 1.82) is 0 Å². The average Bonchev–Trinajstić information content (AvgIpc) is 2.88. The largest absolute Gasteiger partial charge is 0.457 e. The van der Waals surface area contributed by atoms with Crippen LogP contribution in [0, 0.1) is 13.8 Å². The molecule has 0 bridgehead atoms. The SMILES string of the molecule is Cc1ccc(Oc2ccc(C3(c4cccc(Oc5ccc(C)cc5)c4)CCCCC3)cc2)cc1. The van der Waals surface area contributed by atoms with Crippen molar-refractivity contribution in [2.75, 3.05) is 0 Å². The van der Waals surface area contributed by atoms with Gasteiger partial charge in [0.05, 0.1) is 0 Å². The second-order valence-electron chi connectivity index (χ2n) is 9.53. The molecular formula is C32H32O2. The van der Waals surface area contributed by atoms with E-state index >= 15 is 0 Å². The van der Waals surface area contributed by atoms with Crippen molar-refractivity contribution < 1.29 is 9.47 Å². The predicted molar refractivity (Wildman–Crippen MR) is 139 cm³/mol. The molecule has 0 N–H and O–H groups in total. The van der Waals surface area contributed by atoms with E-state index in [9.17, 15) is 0 Å². The zero-order valence-electron chi connectivity index (χ0n) is 20.1. The fourth-order valence-corrected chi connectivity index (χ4v) is 5.08. The first-order valence-corrected chi connectivity index (χ1v) is 12.3. The topological polar surface area (TPSA) is 18.5 Å². The maximum Gasteiger partial charge on any atom is 0.127 e. The summed E-state index contributed by atoms with van der Waals surface area (Å²) in [6.07, 6.45) is 6.09. The molecule has 2 heteroatoms. The summed E-state index contributed by atoms with van der Waals surface area (Å²) < 4.78 is 12.3. The van der Waals surface area contributed by atoms with Gasteiger partial charge in [-0.25, -0.2) is 0 Å². The van der Waals surface area contributed by atoms with E-state index in [-0.39, 0.29) is 5.41 Å². The van der Waals surface area contributed by atoms with Gasteiger partial charge in [0.15, 0.2) is 0 Å². The van der Waals surface area contributed by atoms with Gasteiger partial charge < -0.3 is 9.47 Å². The highest BCUT2D eigenvalue weighted by atomic mass is 16.5. The highest BCUT2D eigenvalue weighted by Gasteiger charge is 2.36. The fourth-order valence-electron chi connectivity index (χ4n) is 5.08. The minimum absolute atomic E-state index is 0.00723. The Hall–Kier alpha value is -3.52. The van der Waals surface area contributed by atoms with Gasteiger partial charge in [0.25, 0.3) is 0 Å². The molecule has 5 rings (SSSR count). The number of rotatable bonds is 6. The summed E-state index contributed by atoms with van der Waals surface area (Å²) in [6.45, 7) is 4.18. The van der Waals surface area contributed by atoms with Gasteiger partial charge >= 0.3 is 0 Å². The molecule has 4 aromatic carbocycles. The van der Waals surface area contributed by atoms with Crippen LogP contribution in [0.4, 0.5) is 0 Å². The zero-order chi connectivity index (χ0) is 23.4. The van der Waals surface area contributed by atoms with Crippen LogP contribution < -0.4 is 9.47 Å². The molecule has 4 aromatic rings. The molecule has 172 valence electrons. The summed E-state index contributed by atoms with van der Waals surface area (Å²) in [5.41, 5.74) is 5.17. The van der Waals surface area contributed by atoms with Crippen molar-refractivity contribution in [2.45, 2.75) is 51.4 Å². The number of benzene rings is 4. The lowest BCUT2D eigenvalue weighted by molar-refractivity contribution is 0.344. The maximum absolute atomic E-state index is 6.22. The van der Waals surface area contributed by atoms with Gasteiger partial charge in [0.2, 0.25) is 0 Å². The zero-order valence-corrected chi connectivity index (χ0v) is 20.1. The van der Waals surface area contributed by atoms with E-state index in [4.69, 9.17) is 9.47 Å². The minimum atomic E-state index is 0.00723. The van der Waals surface area contributed by atoms with Crippen molar-refractivity contribution in [3.63, 3.8) is 0 Å². The van der Waals surface area contributed by atoms with Gasteiger partial charge in [-0.2, -0.15) is 0 Å². The van der Waals surface area contributed by atoms with Crippen LogP contribution in [0.1, 0.15) is 54.4 Å². The molecule has 34 heavy (non-hydrogen) atoms. The van der Waals surface area contributed by atoms with Crippen molar-refractivity contribution in [3.05, 3.63) is 119 Å². The molecule has 1 aliphatic carbocycles. The van der Waals surface area contributed by atoms with Crippen LogP contribution in [0.25, 0.3) is 0 Å². The number of ether oxygens (including phenoxy) is 2. The van der Waals surface area contributed by atoms with Gasteiger partial charge in [-0.1, -0.05) is 78.9 Å². The van der Waals surface area contributed by atoms with Crippen LogP contribution >= 0.6 is 0 Å². The molecule has 0 unspecified atom stereocenters. The molecule has 1 aliphatic rings. The molecule has 1 saturated carbocycles. The molecule has 0 amide bonds. The Morgan fingerprint density at radius 3 is 1.56 bits per heavy atom. The third kappa shape index (κ3) is 4.87. The molecule has 0 spiro atoms. The summed E-state index contributed by atoms with van der Waals surface area (Å²) >= 11 is 0. The van der Waals surface area contributed by atoms with E-state index in [1.54, 1.807) is 0 Å². The average molecular weight is 449 g/mol. The van der Waals surface area contributed by atoms with E-state index in [2.05, 4.69) is 86.6 Å². The molecule has 0 radical (unpaired) electrons. The van der Waals surface area contributed by atoms with Gasteiger partial charge in [-0.15, -0.1) is 0 Å². The van der Waals surface area contributed by atoms with Crippen LogP contribution in [0.2, 0.25) is 0 Å². The normalized spacial score (nSPS) is 15.0. The molecule has 0 saturated heterocycles. The fraction of sp³-hybridized carbons (Fsp3) is 0.250. The first-order chi connectivity index (χ1) is 16.6. The highest BCUT2D eigenvalue weighted by Crippen LogP contribution is 2.46. The first-order valence-electron chi connectivity index (χ1n) is 12.3. The monoisotopic (exact) mass is 448 g/mol. The summed E-state index contributed by atoms with van der Waals surface area (Å²) in [6, 6.07) is 33.8. The molecular weight excluding hydrogens is 416 g/mol. The standard InChI is InChI=1S/C32H32O2/c1-24-9-15-28(16-10-24)33-30-19-13-26(14-20-30)32(21-4-3-5-22-32)27-7-6-8-31(23-27)34-29-17-11-25(2)12-18-29/h6-20,23H,3-5,21-22H2,1-2H3. The van der Waals surface area contributed by atoms with Crippen molar-refractivity contribution in [3.8, 4) is 23.0 Å². The smallest absolute Gasteiger partial charge is 0.127 e.